The number of hydrogen-bond donors (Lipinski definition) is 1. The van der Waals surface area contributed by atoms with Crippen molar-refractivity contribution in [3.63, 3.8) is 0 Å². The molecule has 1 aliphatic rings. The average molecular weight is 225 g/mol. The lowest BCUT2D eigenvalue weighted by molar-refractivity contribution is 0.0677. The summed E-state index contributed by atoms with van der Waals surface area (Å²) in [5, 5.41) is 5.26. The maximum Gasteiger partial charge on any atom is 0.174 e. The second-order valence-electron chi connectivity index (χ2n) is 3.79. The lowest BCUT2D eigenvalue weighted by atomic mass is 10.1. The van der Waals surface area contributed by atoms with Gasteiger partial charge in [-0.3, -0.25) is 4.79 Å². The Labute approximate surface area is 93.4 Å². The molecule has 0 bridgehead atoms. The molecule has 4 heteroatoms. The number of nitrogens with one attached hydrogen (secondary N) is 1. The van der Waals surface area contributed by atoms with Crippen LogP contribution in [-0.4, -0.2) is 31.6 Å². The Kier molecular flexibility index (Phi) is 3.51. The van der Waals surface area contributed by atoms with Crippen LogP contribution in [-0.2, 0) is 4.74 Å². The first-order valence-corrected chi connectivity index (χ1v) is 6.04. The molecule has 1 aromatic heterocycles. The number of Topliss-reactive ketones (excluding diaryl/α,β-unsaturated/α-hetero) is 1. The highest BCUT2D eigenvalue weighted by atomic mass is 32.1. The Bertz CT molecular complexity index is 342. The molecule has 2 heterocycles. The number of morpholine rings is 1. The smallest absolute Gasteiger partial charge is 0.174 e. The number of carbonyl (C=O) groups is 1. The fourth-order valence-electron chi connectivity index (χ4n) is 1.73. The largest absolute Gasteiger partial charge is 0.378 e. The highest BCUT2D eigenvalue weighted by Crippen LogP contribution is 2.18. The minimum Gasteiger partial charge on any atom is -0.378 e. The Balaban J connectivity index is 1.94. The molecule has 0 aromatic carbocycles. The summed E-state index contributed by atoms with van der Waals surface area (Å²) in [5.74, 6) is 0.227. The van der Waals surface area contributed by atoms with Gasteiger partial charge in [0.15, 0.2) is 5.78 Å². The van der Waals surface area contributed by atoms with Gasteiger partial charge in [-0.25, -0.2) is 0 Å². The second-order valence-corrected chi connectivity index (χ2v) is 4.70. The van der Waals surface area contributed by atoms with Gasteiger partial charge >= 0.3 is 0 Å². The van der Waals surface area contributed by atoms with Gasteiger partial charge in [0, 0.05) is 19.0 Å². The molecular formula is C11H15NO2S. The van der Waals surface area contributed by atoms with E-state index in [1.807, 2.05) is 18.4 Å². The first kappa shape index (κ1) is 10.8. The van der Waals surface area contributed by atoms with E-state index in [0.717, 1.165) is 23.6 Å². The van der Waals surface area contributed by atoms with Crippen LogP contribution in [0.25, 0.3) is 0 Å². The number of rotatable bonds is 3. The second kappa shape index (κ2) is 4.88. The molecule has 0 saturated carbocycles. The molecule has 3 nitrogen and oxygen atoms in total. The molecule has 0 amide bonds. The van der Waals surface area contributed by atoms with Crippen molar-refractivity contribution < 1.29 is 9.53 Å². The molecule has 2 rings (SSSR count). The summed E-state index contributed by atoms with van der Waals surface area (Å²) < 4.78 is 5.32. The van der Waals surface area contributed by atoms with Crippen molar-refractivity contribution in [1.82, 2.24) is 5.32 Å². The van der Waals surface area contributed by atoms with Crippen molar-refractivity contribution in [2.45, 2.75) is 19.4 Å². The normalized spacial score (nSPS) is 21.5. The lowest BCUT2D eigenvalue weighted by Crippen LogP contribution is -2.42. The summed E-state index contributed by atoms with van der Waals surface area (Å²) in [7, 11) is 0. The van der Waals surface area contributed by atoms with Crippen LogP contribution < -0.4 is 5.32 Å². The van der Waals surface area contributed by atoms with Gasteiger partial charge in [0.1, 0.15) is 0 Å². The SMILES string of the molecule is Cc1ccsc1C(=O)CC1COCCN1. The van der Waals surface area contributed by atoms with E-state index in [1.165, 1.54) is 11.3 Å². The van der Waals surface area contributed by atoms with E-state index in [1.54, 1.807) is 0 Å². The highest BCUT2D eigenvalue weighted by molar-refractivity contribution is 7.12. The van der Waals surface area contributed by atoms with Gasteiger partial charge in [0.05, 0.1) is 18.1 Å². The summed E-state index contributed by atoms with van der Waals surface area (Å²) in [6.07, 6.45) is 0.543. The molecule has 0 aliphatic carbocycles. The Morgan fingerprint density at radius 3 is 3.20 bits per heavy atom. The first-order valence-electron chi connectivity index (χ1n) is 5.16. The zero-order valence-electron chi connectivity index (χ0n) is 8.79. The van der Waals surface area contributed by atoms with Gasteiger partial charge < -0.3 is 10.1 Å². The molecule has 0 spiro atoms. The van der Waals surface area contributed by atoms with Gasteiger partial charge in [-0.05, 0) is 23.9 Å². The van der Waals surface area contributed by atoms with E-state index in [4.69, 9.17) is 4.74 Å². The van der Waals surface area contributed by atoms with Crippen LogP contribution in [0.2, 0.25) is 0 Å². The fraction of sp³-hybridized carbons (Fsp3) is 0.545. The van der Waals surface area contributed by atoms with Crippen molar-refractivity contribution in [1.29, 1.82) is 0 Å². The third kappa shape index (κ3) is 2.65. The van der Waals surface area contributed by atoms with E-state index >= 15 is 0 Å². The van der Waals surface area contributed by atoms with Crippen molar-refractivity contribution in [2.24, 2.45) is 0 Å². The van der Waals surface area contributed by atoms with Gasteiger partial charge in [-0.2, -0.15) is 0 Å². The van der Waals surface area contributed by atoms with Gasteiger partial charge in [-0.1, -0.05) is 0 Å². The van der Waals surface area contributed by atoms with Gasteiger partial charge in [0.2, 0.25) is 0 Å². The van der Waals surface area contributed by atoms with Crippen LogP contribution in [0.15, 0.2) is 11.4 Å². The molecule has 1 saturated heterocycles. The molecule has 1 aliphatic heterocycles. The van der Waals surface area contributed by atoms with Crippen LogP contribution in [0.4, 0.5) is 0 Å². The van der Waals surface area contributed by atoms with Crippen LogP contribution >= 0.6 is 11.3 Å². The summed E-state index contributed by atoms with van der Waals surface area (Å²) in [4.78, 5) is 12.8. The van der Waals surface area contributed by atoms with E-state index in [9.17, 15) is 4.79 Å². The van der Waals surface area contributed by atoms with Gasteiger partial charge in [0.25, 0.3) is 0 Å². The molecule has 1 fully saturated rings. The van der Waals surface area contributed by atoms with Crippen molar-refractivity contribution in [3.8, 4) is 0 Å². The molecule has 1 aromatic rings. The minimum atomic E-state index is 0.188. The van der Waals surface area contributed by atoms with E-state index in [0.29, 0.717) is 13.0 Å². The highest BCUT2D eigenvalue weighted by Gasteiger charge is 2.19. The number of ketones is 1. The summed E-state index contributed by atoms with van der Waals surface area (Å²) in [5.41, 5.74) is 1.08. The van der Waals surface area contributed by atoms with Crippen LogP contribution in [0.1, 0.15) is 21.7 Å². The van der Waals surface area contributed by atoms with Crippen LogP contribution in [0, 0.1) is 6.92 Å². The monoisotopic (exact) mass is 225 g/mol. The maximum atomic E-state index is 11.9. The summed E-state index contributed by atoms with van der Waals surface area (Å²) in [6.45, 7) is 4.23. The van der Waals surface area contributed by atoms with E-state index < -0.39 is 0 Å². The number of aryl methyl sites for hydroxylation is 1. The molecule has 1 atom stereocenters. The Morgan fingerprint density at radius 1 is 1.73 bits per heavy atom. The zero-order chi connectivity index (χ0) is 10.7. The average Bonchev–Trinajstić information content (AvgIpc) is 2.66. The molecule has 1 N–H and O–H groups in total. The predicted molar refractivity (Wildman–Crippen MR) is 60.6 cm³/mol. The number of thiophene rings is 1. The molecule has 0 radical (unpaired) electrons. The lowest BCUT2D eigenvalue weighted by Gasteiger charge is -2.22. The van der Waals surface area contributed by atoms with Gasteiger partial charge in [-0.15, -0.1) is 11.3 Å². The minimum absolute atomic E-state index is 0.188. The van der Waals surface area contributed by atoms with Crippen LogP contribution in [0.5, 0.6) is 0 Å². The topological polar surface area (TPSA) is 38.3 Å². The number of hydrogen-bond acceptors (Lipinski definition) is 4. The molecule has 82 valence electrons. The maximum absolute atomic E-state index is 11.9. The zero-order valence-corrected chi connectivity index (χ0v) is 9.60. The van der Waals surface area contributed by atoms with E-state index in [-0.39, 0.29) is 11.8 Å². The van der Waals surface area contributed by atoms with E-state index in [2.05, 4.69) is 5.32 Å². The first-order chi connectivity index (χ1) is 7.27. The molecular weight excluding hydrogens is 210 g/mol. The molecule has 1 unspecified atom stereocenters. The quantitative estimate of drug-likeness (QED) is 0.794. The molecule has 15 heavy (non-hydrogen) atoms. The number of ether oxygens (including phenoxy) is 1. The third-order valence-corrected chi connectivity index (χ3v) is 3.60. The van der Waals surface area contributed by atoms with Crippen molar-refractivity contribution in [3.05, 3.63) is 21.9 Å². The van der Waals surface area contributed by atoms with Crippen molar-refractivity contribution >= 4 is 17.1 Å². The van der Waals surface area contributed by atoms with Crippen LogP contribution in [0.3, 0.4) is 0 Å². The van der Waals surface area contributed by atoms with Crippen molar-refractivity contribution in [2.75, 3.05) is 19.8 Å². The third-order valence-electron chi connectivity index (χ3n) is 2.55. The standard InChI is InChI=1S/C11H15NO2S/c1-8-2-5-15-11(8)10(13)6-9-7-14-4-3-12-9/h2,5,9,12H,3-4,6-7H2,1H3. The Hall–Kier alpha value is -0.710. The summed E-state index contributed by atoms with van der Waals surface area (Å²) in [6, 6.07) is 2.18. The summed E-state index contributed by atoms with van der Waals surface area (Å²) >= 11 is 1.53. The fourth-order valence-corrected chi connectivity index (χ4v) is 2.60. The predicted octanol–water partition coefficient (Wildman–Crippen LogP) is 1.62. The Morgan fingerprint density at radius 2 is 2.60 bits per heavy atom. The number of carbonyl (C=O) groups excluding carboxylic acids is 1.